The highest BCUT2D eigenvalue weighted by molar-refractivity contribution is 5.76. The van der Waals surface area contributed by atoms with E-state index in [0.717, 1.165) is 44.2 Å². The summed E-state index contributed by atoms with van der Waals surface area (Å²) in [6.45, 7) is 0. The normalized spacial score (nSPS) is 19.9. The Kier molecular flexibility index (Phi) is 3.97. The number of benzene rings is 1. The lowest BCUT2D eigenvalue weighted by molar-refractivity contribution is -0.152. The van der Waals surface area contributed by atoms with E-state index >= 15 is 0 Å². The van der Waals surface area contributed by atoms with E-state index in [1.807, 2.05) is 0 Å². The number of carbonyl (C=O) groups excluding carboxylic acids is 1. The molecule has 110 valence electrons. The smallest absolute Gasteiger partial charge is 0.323 e. The molecule has 0 unspecified atom stereocenters. The molecule has 0 aromatic heterocycles. The van der Waals surface area contributed by atoms with Crippen LogP contribution in [0.3, 0.4) is 0 Å². The molecule has 4 N–H and O–H groups in total. The summed E-state index contributed by atoms with van der Waals surface area (Å²) in [4.78, 5) is 12.1. The molecule has 1 aromatic carbocycles. The fourth-order valence-electron chi connectivity index (χ4n) is 2.27. The zero-order valence-corrected chi connectivity index (χ0v) is 11.2. The summed E-state index contributed by atoms with van der Waals surface area (Å²) in [6.07, 6.45) is 2.25. The molecule has 5 heteroatoms. The van der Waals surface area contributed by atoms with Gasteiger partial charge in [-0.2, -0.15) is 0 Å². The standard InChI is InChI=1S/C15H21NO4/c16-12(8-10-6-7-13(17)14(18)9-10)15(19)20-11-4-2-1-3-5-11/h6-7,9,11-12,17-18H,1-5,8,16H2/t12-/m0/s1/i8D2. The van der Waals surface area contributed by atoms with Crippen LogP contribution in [0.15, 0.2) is 18.2 Å². The summed E-state index contributed by atoms with van der Waals surface area (Å²) in [6, 6.07) is 1.99. The lowest BCUT2D eigenvalue weighted by Gasteiger charge is -2.23. The van der Waals surface area contributed by atoms with Gasteiger partial charge < -0.3 is 20.7 Å². The fourth-order valence-corrected chi connectivity index (χ4v) is 2.27. The second kappa shape index (κ2) is 6.61. The van der Waals surface area contributed by atoms with Crippen molar-refractivity contribution >= 4 is 5.97 Å². The maximum absolute atomic E-state index is 12.1. The third-order valence-electron chi connectivity index (χ3n) is 3.39. The summed E-state index contributed by atoms with van der Waals surface area (Å²) in [7, 11) is 0. The van der Waals surface area contributed by atoms with Crippen LogP contribution in [0, 0.1) is 0 Å². The molecule has 1 aromatic rings. The molecule has 1 aliphatic carbocycles. The van der Waals surface area contributed by atoms with Crippen LogP contribution in [0.4, 0.5) is 0 Å². The third-order valence-corrected chi connectivity index (χ3v) is 3.39. The van der Waals surface area contributed by atoms with Crippen LogP contribution >= 0.6 is 0 Å². The van der Waals surface area contributed by atoms with Crippen molar-refractivity contribution in [2.45, 2.75) is 50.6 Å². The van der Waals surface area contributed by atoms with Crippen molar-refractivity contribution in [3.63, 3.8) is 0 Å². The second-order valence-electron chi connectivity index (χ2n) is 5.02. The van der Waals surface area contributed by atoms with Crippen LogP contribution in [-0.2, 0) is 15.9 Å². The SMILES string of the molecule is [2H]C([2H])(c1ccc(O)c(O)c1)[C@H](N)C(=O)OC1CCCCC1. The van der Waals surface area contributed by atoms with Gasteiger partial charge in [0.2, 0.25) is 0 Å². The molecule has 1 saturated carbocycles. The second-order valence-corrected chi connectivity index (χ2v) is 5.02. The molecule has 5 nitrogen and oxygen atoms in total. The van der Waals surface area contributed by atoms with E-state index < -0.39 is 24.1 Å². The molecule has 1 atom stereocenters. The minimum absolute atomic E-state index is 0.0101. The molecule has 0 aliphatic heterocycles. The summed E-state index contributed by atoms with van der Waals surface area (Å²) < 4.78 is 21.4. The molecule has 20 heavy (non-hydrogen) atoms. The van der Waals surface area contributed by atoms with Gasteiger partial charge in [0.15, 0.2) is 11.5 Å². The van der Waals surface area contributed by atoms with Crippen molar-refractivity contribution in [3.8, 4) is 11.5 Å². The Morgan fingerprint density at radius 3 is 2.70 bits per heavy atom. The maximum atomic E-state index is 12.1. The summed E-state index contributed by atoms with van der Waals surface area (Å²) in [5, 5.41) is 18.7. The van der Waals surface area contributed by atoms with E-state index in [1.54, 1.807) is 0 Å². The molecule has 0 spiro atoms. The van der Waals surface area contributed by atoms with Crippen LogP contribution in [0.2, 0.25) is 0 Å². The summed E-state index contributed by atoms with van der Waals surface area (Å²) >= 11 is 0. The Hall–Kier alpha value is -1.75. The highest BCUT2D eigenvalue weighted by Crippen LogP contribution is 2.25. The quantitative estimate of drug-likeness (QED) is 0.578. The zero-order valence-electron chi connectivity index (χ0n) is 13.2. The number of nitrogens with two attached hydrogens (primary N) is 1. The summed E-state index contributed by atoms with van der Waals surface area (Å²) in [5.74, 6) is -1.61. The lowest BCUT2D eigenvalue weighted by atomic mass is 9.97. The third kappa shape index (κ3) is 3.87. The van der Waals surface area contributed by atoms with E-state index in [-0.39, 0.29) is 17.4 Å². The Bertz CT molecular complexity index is 544. The predicted octanol–water partition coefficient (Wildman–Crippen LogP) is 1.84. The van der Waals surface area contributed by atoms with Crippen LogP contribution in [-0.4, -0.2) is 28.3 Å². The van der Waals surface area contributed by atoms with Gasteiger partial charge in [0, 0.05) is 2.74 Å². The fraction of sp³-hybridized carbons (Fsp3) is 0.533. The van der Waals surface area contributed by atoms with Crippen molar-refractivity contribution in [2.24, 2.45) is 5.73 Å². The van der Waals surface area contributed by atoms with E-state index in [1.165, 1.54) is 6.07 Å². The van der Waals surface area contributed by atoms with Gasteiger partial charge in [0.05, 0.1) is 0 Å². The highest BCUT2D eigenvalue weighted by atomic mass is 16.5. The Balaban J connectivity index is 2.09. The zero-order chi connectivity index (χ0) is 16.3. The van der Waals surface area contributed by atoms with Gasteiger partial charge in [-0.05, 0) is 49.8 Å². The maximum Gasteiger partial charge on any atom is 0.323 e. The molecule has 0 amide bonds. The van der Waals surface area contributed by atoms with Crippen LogP contribution in [0.25, 0.3) is 0 Å². The average molecular weight is 281 g/mol. The summed E-state index contributed by atoms with van der Waals surface area (Å²) in [5.41, 5.74) is 5.75. The van der Waals surface area contributed by atoms with Gasteiger partial charge >= 0.3 is 5.97 Å². The minimum atomic E-state index is -2.21. The van der Waals surface area contributed by atoms with Gasteiger partial charge in [-0.3, -0.25) is 4.79 Å². The molecular weight excluding hydrogens is 258 g/mol. The molecule has 1 aliphatic rings. The van der Waals surface area contributed by atoms with Gasteiger partial charge in [0.25, 0.3) is 0 Å². The highest BCUT2D eigenvalue weighted by Gasteiger charge is 2.22. The van der Waals surface area contributed by atoms with Crippen molar-refractivity contribution < 1.29 is 22.5 Å². The first kappa shape index (κ1) is 12.0. The van der Waals surface area contributed by atoms with Gasteiger partial charge in [-0.25, -0.2) is 0 Å². The predicted molar refractivity (Wildman–Crippen MR) is 74.4 cm³/mol. The number of hydrogen-bond acceptors (Lipinski definition) is 5. The Labute approximate surface area is 121 Å². The number of hydrogen-bond donors (Lipinski definition) is 3. The van der Waals surface area contributed by atoms with Crippen molar-refractivity contribution in [1.82, 2.24) is 0 Å². The molecule has 0 saturated heterocycles. The van der Waals surface area contributed by atoms with E-state index in [9.17, 15) is 15.0 Å². The number of esters is 1. The van der Waals surface area contributed by atoms with Crippen molar-refractivity contribution in [3.05, 3.63) is 23.8 Å². The molecule has 0 radical (unpaired) electrons. The number of carbonyl (C=O) groups is 1. The van der Waals surface area contributed by atoms with E-state index in [4.69, 9.17) is 13.2 Å². The number of aromatic hydroxyl groups is 2. The lowest BCUT2D eigenvalue weighted by Crippen LogP contribution is -2.37. The first-order valence-electron chi connectivity index (χ1n) is 7.81. The minimum Gasteiger partial charge on any atom is -0.504 e. The molecular formula is C15H21NO4. The monoisotopic (exact) mass is 281 g/mol. The molecule has 1 fully saturated rings. The van der Waals surface area contributed by atoms with E-state index in [0.29, 0.717) is 0 Å². The van der Waals surface area contributed by atoms with Crippen LogP contribution in [0.5, 0.6) is 11.5 Å². The largest absolute Gasteiger partial charge is 0.504 e. The average Bonchev–Trinajstić information content (AvgIpc) is 2.50. The number of phenolic OH excluding ortho intramolecular Hbond substituents is 2. The molecule has 0 bridgehead atoms. The van der Waals surface area contributed by atoms with E-state index in [2.05, 4.69) is 0 Å². The number of phenols is 2. The van der Waals surface area contributed by atoms with Crippen LogP contribution < -0.4 is 5.73 Å². The number of rotatable bonds is 4. The van der Waals surface area contributed by atoms with Gasteiger partial charge in [-0.1, -0.05) is 12.5 Å². The topological polar surface area (TPSA) is 92.8 Å². The Morgan fingerprint density at radius 1 is 1.35 bits per heavy atom. The first-order chi connectivity index (χ1) is 10.3. The number of ether oxygens (including phenoxy) is 1. The molecule has 2 rings (SSSR count). The van der Waals surface area contributed by atoms with Crippen LogP contribution in [0.1, 0.15) is 40.4 Å². The van der Waals surface area contributed by atoms with Crippen molar-refractivity contribution in [2.75, 3.05) is 0 Å². The molecule has 0 heterocycles. The van der Waals surface area contributed by atoms with Gasteiger partial charge in [0.1, 0.15) is 12.1 Å². The van der Waals surface area contributed by atoms with Gasteiger partial charge in [-0.15, -0.1) is 0 Å². The van der Waals surface area contributed by atoms with Crippen molar-refractivity contribution in [1.29, 1.82) is 0 Å². The Morgan fingerprint density at radius 2 is 2.05 bits per heavy atom. The first-order valence-corrected chi connectivity index (χ1v) is 6.81.